The molecule has 24 heavy (non-hydrogen) atoms. The summed E-state index contributed by atoms with van der Waals surface area (Å²) in [5.74, 6) is 0.204. The van der Waals surface area contributed by atoms with Crippen LogP contribution in [0.3, 0.4) is 0 Å². The summed E-state index contributed by atoms with van der Waals surface area (Å²) in [4.78, 5) is 11.7. The van der Waals surface area contributed by atoms with Gasteiger partial charge in [-0.05, 0) is 17.5 Å². The van der Waals surface area contributed by atoms with Crippen LogP contribution in [0.4, 0.5) is 18.3 Å². The van der Waals surface area contributed by atoms with Crippen molar-refractivity contribution < 1.29 is 18.0 Å². The van der Waals surface area contributed by atoms with Gasteiger partial charge < -0.3 is 5.32 Å². The number of hydrogen-bond acceptors (Lipinski definition) is 5. The third kappa shape index (κ3) is 5.48. The fourth-order valence-electron chi connectivity index (χ4n) is 1.92. The second-order valence-corrected chi connectivity index (χ2v) is 7.66. The summed E-state index contributed by atoms with van der Waals surface area (Å²) >= 11 is 2.31. The van der Waals surface area contributed by atoms with E-state index in [4.69, 9.17) is 0 Å². The molecule has 0 radical (unpaired) electrons. The minimum Gasteiger partial charge on any atom is -0.300 e. The number of hydrogen-bond donors (Lipinski definition) is 1. The average molecular weight is 375 g/mol. The van der Waals surface area contributed by atoms with Gasteiger partial charge in [0.25, 0.3) is 0 Å². The summed E-state index contributed by atoms with van der Waals surface area (Å²) in [7, 11) is 0. The summed E-state index contributed by atoms with van der Waals surface area (Å²) in [6, 6.07) is 5.45. The minimum absolute atomic E-state index is 0.129. The van der Waals surface area contributed by atoms with E-state index >= 15 is 0 Å². The van der Waals surface area contributed by atoms with Crippen molar-refractivity contribution in [3.63, 3.8) is 0 Å². The van der Waals surface area contributed by atoms with Gasteiger partial charge in [-0.1, -0.05) is 55.1 Å². The lowest BCUT2D eigenvalue weighted by atomic mass is 10.1. The first-order valence-corrected chi connectivity index (χ1v) is 8.97. The number of alkyl halides is 3. The standard InChI is InChI=1S/C15H16F3N3OS2/c1-9(2)7-12(22)19-13-20-21-14(24-13)23-8-10-5-3-4-6-11(10)15(16,17)18/h3-6,9H,7-8H2,1-2H3,(H,19,20,22). The lowest BCUT2D eigenvalue weighted by Gasteiger charge is -2.11. The molecule has 0 fully saturated rings. The Morgan fingerprint density at radius 3 is 2.67 bits per heavy atom. The van der Waals surface area contributed by atoms with E-state index in [1.165, 1.54) is 12.1 Å². The van der Waals surface area contributed by atoms with E-state index in [1.54, 1.807) is 6.07 Å². The van der Waals surface area contributed by atoms with Gasteiger partial charge in [-0.3, -0.25) is 4.79 Å². The molecule has 1 amide bonds. The molecule has 2 rings (SSSR count). The molecule has 0 saturated heterocycles. The monoisotopic (exact) mass is 375 g/mol. The predicted octanol–water partition coefficient (Wildman–Crippen LogP) is 4.83. The number of benzene rings is 1. The van der Waals surface area contributed by atoms with Crippen LogP contribution >= 0.6 is 23.1 Å². The second kappa shape index (κ2) is 7.98. The van der Waals surface area contributed by atoms with E-state index in [9.17, 15) is 18.0 Å². The van der Waals surface area contributed by atoms with Crippen LogP contribution in [0, 0.1) is 5.92 Å². The number of nitrogens with one attached hydrogen (secondary N) is 1. The topological polar surface area (TPSA) is 54.9 Å². The molecule has 1 N–H and O–H groups in total. The van der Waals surface area contributed by atoms with Crippen LogP contribution < -0.4 is 5.32 Å². The molecule has 130 valence electrons. The van der Waals surface area contributed by atoms with E-state index in [2.05, 4.69) is 15.5 Å². The summed E-state index contributed by atoms with van der Waals surface area (Å²) in [5, 5.41) is 10.7. The zero-order valence-electron chi connectivity index (χ0n) is 13.1. The van der Waals surface area contributed by atoms with Crippen LogP contribution in [0.5, 0.6) is 0 Å². The van der Waals surface area contributed by atoms with Gasteiger partial charge in [-0.15, -0.1) is 10.2 Å². The normalized spacial score (nSPS) is 11.8. The molecular formula is C15H16F3N3OS2. The van der Waals surface area contributed by atoms with Crippen molar-refractivity contribution in [2.45, 2.75) is 36.5 Å². The number of halogens is 3. The third-order valence-electron chi connectivity index (χ3n) is 2.92. The Morgan fingerprint density at radius 2 is 2.00 bits per heavy atom. The molecule has 0 spiro atoms. The molecule has 0 atom stereocenters. The highest BCUT2D eigenvalue weighted by molar-refractivity contribution is 8.00. The quantitative estimate of drug-likeness (QED) is 0.580. The zero-order valence-corrected chi connectivity index (χ0v) is 14.7. The van der Waals surface area contributed by atoms with Gasteiger partial charge >= 0.3 is 6.18 Å². The molecule has 1 heterocycles. The highest BCUT2D eigenvalue weighted by atomic mass is 32.2. The number of amides is 1. The van der Waals surface area contributed by atoms with Crippen LogP contribution in [0.15, 0.2) is 28.6 Å². The van der Waals surface area contributed by atoms with Crippen LogP contribution in [0.1, 0.15) is 31.4 Å². The van der Waals surface area contributed by atoms with Crippen LogP contribution in [-0.2, 0) is 16.7 Å². The highest BCUT2D eigenvalue weighted by Crippen LogP contribution is 2.35. The average Bonchev–Trinajstić information content (AvgIpc) is 2.91. The molecule has 2 aromatic rings. The predicted molar refractivity (Wildman–Crippen MR) is 89.0 cm³/mol. The maximum absolute atomic E-state index is 12.9. The van der Waals surface area contributed by atoms with Crippen molar-refractivity contribution in [3.8, 4) is 0 Å². The van der Waals surface area contributed by atoms with E-state index in [-0.39, 0.29) is 23.1 Å². The van der Waals surface area contributed by atoms with Gasteiger partial charge in [0.2, 0.25) is 11.0 Å². The van der Waals surface area contributed by atoms with E-state index in [0.717, 1.165) is 29.2 Å². The van der Waals surface area contributed by atoms with E-state index in [1.807, 2.05) is 13.8 Å². The van der Waals surface area contributed by atoms with Gasteiger partial charge in [-0.25, -0.2) is 0 Å². The number of nitrogens with zero attached hydrogens (tertiary/aromatic N) is 2. The molecule has 0 aliphatic carbocycles. The fourth-order valence-corrected chi connectivity index (χ4v) is 3.69. The van der Waals surface area contributed by atoms with Gasteiger partial charge in [-0.2, -0.15) is 13.2 Å². The third-order valence-corrected chi connectivity index (χ3v) is 4.94. The lowest BCUT2D eigenvalue weighted by Crippen LogP contribution is -2.13. The second-order valence-electron chi connectivity index (χ2n) is 5.46. The van der Waals surface area contributed by atoms with Crippen LogP contribution in [-0.4, -0.2) is 16.1 Å². The summed E-state index contributed by atoms with van der Waals surface area (Å²) in [6.45, 7) is 3.86. The molecule has 1 aromatic carbocycles. The first-order valence-electron chi connectivity index (χ1n) is 7.17. The molecule has 4 nitrogen and oxygen atoms in total. The number of rotatable bonds is 6. The molecule has 0 unspecified atom stereocenters. The number of carbonyl (C=O) groups is 1. The van der Waals surface area contributed by atoms with Crippen molar-refractivity contribution in [2.24, 2.45) is 5.92 Å². The Balaban J connectivity index is 1.98. The molecule has 0 saturated carbocycles. The van der Waals surface area contributed by atoms with Crippen molar-refractivity contribution >= 4 is 34.1 Å². The Bertz CT molecular complexity index is 701. The van der Waals surface area contributed by atoms with Gasteiger partial charge in [0, 0.05) is 12.2 Å². The maximum Gasteiger partial charge on any atom is 0.416 e. The Hall–Kier alpha value is -1.61. The maximum atomic E-state index is 12.9. The molecular weight excluding hydrogens is 359 g/mol. The molecule has 1 aromatic heterocycles. The van der Waals surface area contributed by atoms with Crippen molar-refractivity contribution in [1.82, 2.24) is 10.2 Å². The largest absolute Gasteiger partial charge is 0.416 e. The highest BCUT2D eigenvalue weighted by Gasteiger charge is 2.32. The summed E-state index contributed by atoms with van der Waals surface area (Å²) < 4.78 is 39.3. The Labute approximate surface area is 145 Å². The van der Waals surface area contributed by atoms with E-state index in [0.29, 0.717) is 15.9 Å². The van der Waals surface area contributed by atoms with Gasteiger partial charge in [0.15, 0.2) is 4.34 Å². The van der Waals surface area contributed by atoms with Gasteiger partial charge in [0.1, 0.15) is 0 Å². The first-order chi connectivity index (χ1) is 11.3. The fraction of sp³-hybridized carbons (Fsp3) is 0.400. The minimum atomic E-state index is -4.38. The van der Waals surface area contributed by atoms with Crippen LogP contribution in [0.2, 0.25) is 0 Å². The SMILES string of the molecule is CC(C)CC(=O)Nc1nnc(SCc2ccccc2C(F)(F)F)s1. The number of thioether (sulfide) groups is 1. The number of carbonyl (C=O) groups excluding carboxylic acids is 1. The molecule has 0 aliphatic heterocycles. The van der Waals surface area contributed by atoms with Crippen LogP contribution in [0.25, 0.3) is 0 Å². The molecule has 0 aliphatic rings. The first kappa shape index (κ1) is 18.7. The smallest absolute Gasteiger partial charge is 0.300 e. The molecule has 9 heteroatoms. The Morgan fingerprint density at radius 1 is 1.29 bits per heavy atom. The van der Waals surface area contributed by atoms with Gasteiger partial charge in [0.05, 0.1) is 5.56 Å². The van der Waals surface area contributed by atoms with Crippen molar-refractivity contribution in [1.29, 1.82) is 0 Å². The lowest BCUT2D eigenvalue weighted by molar-refractivity contribution is -0.138. The number of anilines is 1. The number of aromatic nitrogens is 2. The van der Waals surface area contributed by atoms with Crippen molar-refractivity contribution in [2.75, 3.05) is 5.32 Å². The molecule has 0 bridgehead atoms. The zero-order chi connectivity index (χ0) is 17.7. The summed E-state index contributed by atoms with van der Waals surface area (Å²) in [5.41, 5.74) is -0.455. The Kier molecular flexibility index (Phi) is 6.22. The van der Waals surface area contributed by atoms with Crippen molar-refractivity contribution in [3.05, 3.63) is 35.4 Å². The summed E-state index contributed by atoms with van der Waals surface area (Å²) in [6.07, 6.45) is -4.00. The van der Waals surface area contributed by atoms with E-state index < -0.39 is 11.7 Å².